The first-order valence-corrected chi connectivity index (χ1v) is 11.7. The average Bonchev–Trinajstić information content (AvgIpc) is 2.76. The largest absolute Gasteiger partial charge is 0.399 e. The van der Waals surface area contributed by atoms with E-state index in [9.17, 15) is 13.2 Å². The molecule has 4 rings (SSSR count). The lowest BCUT2D eigenvalue weighted by Crippen LogP contribution is -2.58. The summed E-state index contributed by atoms with van der Waals surface area (Å²) in [5.74, 6) is 0. The van der Waals surface area contributed by atoms with E-state index in [4.69, 9.17) is 10.7 Å². The number of anilines is 2. The number of nitrogen functional groups attached to an aromatic ring is 1. The first-order valence-electron chi connectivity index (χ1n) is 11.7. The number of likely N-dealkylation sites (N-methyl/N-ethyl adjacent to an activating group) is 1. The van der Waals surface area contributed by atoms with Crippen molar-refractivity contribution in [3.8, 4) is 0 Å². The van der Waals surface area contributed by atoms with Gasteiger partial charge in [-0.25, -0.2) is 8.78 Å². The molecule has 33 heavy (non-hydrogen) atoms. The zero-order valence-electron chi connectivity index (χ0n) is 19.6. The summed E-state index contributed by atoms with van der Waals surface area (Å²) in [6.45, 7) is 6.04. The van der Waals surface area contributed by atoms with Crippen molar-refractivity contribution in [2.24, 2.45) is 0 Å². The molecule has 5 nitrogen and oxygen atoms in total. The number of rotatable bonds is 8. The van der Waals surface area contributed by atoms with E-state index in [2.05, 4.69) is 9.80 Å². The number of likely N-dealkylation sites (tertiary alicyclic amines) is 1. The van der Waals surface area contributed by atoms with E-state index in [1.807, 2.05) is 56.3 Å². The molecule has 3 heterocycles. The molecule has 1 aromatic heterocycles. The van der Waals surface area contributed by atoms with Crippen molar-refractivity contribution in [1.29, 1.82) is 0 Å². The molecule has 2 aliphatic heterocycles. The Balaban J connectivity index is 1.58. The van der Waals surface area contributed by atoms with E-state index in [-0.39, 0.29) is 25.3 Å². The predicted octanol–water partition coefficient (Wildman–Crippen LogP) is 4.05. The number of benzene rings is 1. The standard InChI is InChI=1S/C25H34F3N5/c1-16-11-21-17(2)22(29)7-6-20(21)25(33(16)15-24(27)28)23-8-5-18(12-30-23)31(3)19-13-32(14-19)10-4-9-26/h5-8,12,16,19,24-25H,4,9-11,13-15,29H2,1-3H3/t16-,25?/m1/s1. The van der Waals surface area contributed by atoms with Gasteiger partial charge in [0.1, 0.15) is 0 Å². The number of halogens is 3. The second-order valence-electron chi connectivity index (χ2n) is 9.40. The van der Waals surface area contributed by atoms with Gasteiger partial charge in [-0.15, -0.1) is 0 Å². The van der Waals surface area contributed by atoms with Gasteiger partial charge in [0.05, 0.1) is 42.9 Å². The number of pyridine rings is 1. The number of hydrogen-bond acceptors (Lipinski definition) is 5. The zero-order valence-corrected chi connectivity index (χ0v) is 19.6. The van der Waals surface area contributed by atoms with Crippen molar-refractivity contribution in [1.82, 2.24) is 14.8 Å². The molecule has 0 aliphatic carbocycles. The van der Waals surface area contributed by atoms with Crippen LogP contribution < -0.4 is 10.6 Å². The molecular weight excluding hydrogens is 427 g/mol. The molecule has 1 unspecified atom stereocenters. The van der Waals surface area contributed by atoms with Gasteiger partial charge >= 0.3 is 0 Å². The van der Waals surface area contributed by atoms with Crippen molar-refractivity contribution >= 4 is 11.4 Å². The van der Waals surface area contributed by atoms with Crippen molar-refractivity contribution in [2.45, 2.75) is 51.2 Å². The Labute approximate surface area is 194 Å². The van der Waals surface area contributed by atoms with Gasteiger partial charge in [0, 0.05) is 38.4 Å². The van der Waals surface area contributed by atoms with Crippen LogP contribution in [-0.2, 0) is 6.42 Å². The molecule has 0 spiro atoms. The maximum Gasteiger partial charge on any atom is 0.251 e. The van der Waals surface area contributed by atoms with Gasteiger partial charge in [-0.2, -0.15) is 0 Å². The number of alkyl halides is 3. The lowest BCUT2D eigenvalue weighted by molar-refractivity contribution is 0.0453. The van der Waals surface area contributed by atoms with Gasteiger partial charge in [0.15, 0.2) is 0 Å². The molecule has 8 heteroatoms. The lowest BCUT2D eigenvalue weighted by Gasteiger charge is -2.45. The van der Waals surface area contributed by atoms with Crippen LogP contribution in [0.2, 0.25) is 0 Å². The van der Waals surface area contributed by atoms with E-state index in [1.165, 1.54) is 0 Å². The molecule has 180 valence electrons. The molecule has 0 radical (unpaired) electrons. The fraction of sp³-hybridized carbons (Fsp3) is 0.560. The van der Waals surface area contributed by atoms with E-state index in [1.54, 1.807) is 0 Å². The topological polar surface area (TPSA) is 48.6 Å². The van der Waals surface area contributed by atoms with E-state index in [0.29, 0.717) is 18.9 Å². The first kappa shape index (κ1) is 23.8. The molecule has 2 aromatic rings. The van der Waals surface area contributed by atoms with Crippen molar-refractivity contribution in [2.75, 3.05) is 50.5 Å². The molecule has 2 aliphatic rings. The lowest BCUT2D eigenvalue weighted by atomic mass is 9.84. The van der Waals surface area contributed by atoms with Gasteiger partial charge in [0.2, 0.25) is 0 Å². The van der Waals surface area contributed by atoms with Gasteiger partial charge in [-0.1, -0.05) is 6.07 Å². The summed E-state index contributed by atoms with van der Waals surface area (Å²) in [6, 6.07) is 7.80. The predicted molar refractivity (Wildman–Crippen MR) is 127 cm³/mol. The highest BCUT2D eigenvalue weighted by molar-refractivity contribution is 5.56. The minimum atomic E-state index is -2.42. The fourth-order valence-corrected chi connectivity index (χ4v) is 5.17. The molecule has 0 bridgehead atoms. The van der Waals surface area contributed by atoms with E-state index >= 15 is 0 Å². The van der Waals surface area contributed by atoms with Gasteiger partial charge in [-0.3, -0.25) is 19.2 Å². The minimum Gasteiger partial charge on any atom is -0.399 e. The summed E-state index contributed by atoms with van der Waals surface area (Å²) in [5.41, 5.74) is 11.8. The number of aromatic nitrogens is 1. The summed E-state index contributed by atoms with van der Waals surface area (Å²) < 4.78 is 39.4. The molecule has 1 aromatic carbocycles. The Morgan fingerprint density at radius 3 is 2.61 bits per heavy atom. The Morgan fingerprint density at radius 2 is 1.97 bits per heavy atom. The maximum absolute atomic E-state index is 13.5. The highest BCUT2D eigenvalue weighted by Gasteiger charge is 2.36. The third kappa shape index (κ3) is 4.82. The van der Waals surface area contributed by atoms with Crippen LogP contribution in [0, 0.1) is 6.92 Å². The summed E-state index contributed by atoms with van der Waals surface area (Å²) in [7, 11) is 2.04. The SMILES string of the molecule is Cc1c(N)ccc2c1C[C@@H](C)N(CC(F)F)C2c1ccc(N(C)C2CN(CCCF)C2)cn1. The van der Waals surface area contributed by atoms with Crippen LogP contribution in [0.1, 0.15) is 41.8 Å². The monoisotopic (exact) mass is 461 g/mol. The normalized spacial score (nSPS) is 21.8. The molecule has 0 saturated carbocycles. The molecule has 1 saturated heterocycles. The maximum atomic E-state index is 13.5. The smallest absolute Gasteiger partial charge is 0.251 e. The quantitative estimate of drug-likeness (QED) is 0.601. The zero-order chi connectivity index (χ0) is 23.7. The number of nitrogens with zero attached hydrogens (tertiary/aromatic N) is 4. The van der Waals surface area contributed by atoms with Crippen molar-refractivity contribution < 1.29 is 13.2 Å². The summed E-state index contributed by atoms with van der Waals surface area (Å²) in [4.78, 5) is 11.1. The van der Waals surface area contributed by atoms with Crippen LogP contribution in [0.3, 0.4) is 0 Å². The van der Waals surface area contributed by atoms with Crippen LogP contribution in [-0.4, -0.2) is 73.2 Å². The molecule has 2 atom stereocenters. The summed E-state index contributed by atoms with van der Waals surface area (Å²) >= 11 is 0. The average molecular weight is 462 g/mol. The van der Waals surface area contributed by atoms with Crippen LogP contribution in [0.5, 0.6) is 0 Å². The Kier molecular flexibility index (Phi) is 7.14. The summed E-state index contributed by atoms with van der Waals surface area (Å²) in [5, 5.41) is 0. The third-order valence-electron chi connectivity index (χ3n) is 7.27. The van der Waals surface area contributed by atoms with Crippen LogP contribution >= 0.6 is 0 Å². The molecule has 1 fully saturated rings. The van der Waals surface area contributed by atoms with Crippen LogP contribution in [0.25, 0.3) is 0 Å². The first-order chi connectivity index (χ1) is 15.8. The van der Waals surface area contributed by atoms with Gasteiger partial charge in [-0.05, 0) is 61.6 Å². The Morgan fingerprint density at radius 1 is 1.21 bits per heavy atom. The van der Waals surface area contributed by atoms with Gasteiger partial charge in [0.25, 0.3) is 6.43 Å². The Bertz CT molecular complexity index is 946. The second kappa shape index (κ2) is 9.89. The Hall–Kier alpha value is -2.32. The number of hydrogen-bond donors (Lipinski definition) is 1. The van der Waals surface area contributed by atoms with Gasteiger partial charge < -0.3 is 10.6 Å². The molecule has 2 N–H and O–H groups in total. The van der Waals surface area contributed by atoms with Crippen molar-refractivity contribution in [3.63, 3.8) is 0 Å². The van der Waals surface area contributed by atoms with Crippen LogP contribution in [0.15, 0.2) is 30.5 Å². The highest BCUT2D eigenvalue weighted by Crippen LogP contribution is 2.40. The number of fused-ring (bicyclic) bond motifs is 1. The second-order valence-corrected chi connectivity index (χ2v) is 9.40. The molecular formula is C25H34F3N5. The molecule has 0 amide bonds. The number of nitrogens with two attached hydrogens (primary N) is 1. The van der Waals surface area contributed by atoms with E-state index < -0.39 is 6.43 Å². The minimum absolute atomic E-state index is 0.0496. The highest BCUT2D eigenvalue weighted by atomic mass is 19.3. The van der Waals surface area contributed by atoms with Crippen LogP contribution in [0.4, 0.5) is 24.5 Å². The summed E-state index contributed by atoms with van der Waals surface area (Å²) in [6.07, 6.45) is 0.685. The fourth-order valence-electron chi connectivity index (χ4n) is 5.17. The van der Waals surface area contributed by atoms with Crippen molar-refractivity contribution in [3.05, 3.63) is 52.8 Å². The third-order valence-corrected chi connectivity index (χ3v) is 7.27. The van der Waals surface area contributed by atoms with E-state index in [0.717, 1.165) is 53.4 Å².